The smallest absolute Gasteiger partial charge is 0.228 e. The minimum Gasteiger partial charge on any atom is -0.488 e. The molecule has 0 fully saturated rings. The van der Waals surface area contributed by atoms with Crippen LogP contribution < -0.4 is 10.1 Å². The second-order valence-electron chi connectivity index (χ2n) is 10.6. The fourth-order valence-electron chi connectivity index (χ4n) is 4.98. The predicted octanol–water partition coefficient (Wildman–Crippen LogP) is 4.15. The molecule has 2 amide bonds. The maximum absolute atomic E-state index is 13.4. The average Bonchev–Trinajstić information content (AvgIpc) is 2.97. The standard InChI is InChI=1S/C32H39N3O4/c1-23-19-35(24(2)22-36)32(38)18-27-17-28(33-31(37)16-25-10-6-4-7-11-25)14-15-29(27)39-30(23)21-34(3)20-26-12-8-5-9-13-26/h4-15,17,23-24,30,36H,16,18-22H2,1-3H3,(H,33,37)/t23-,24-,30+/m1/s1. The van der Waals surface area contributed by atoms with E-state index in [1.54, 1.807) is 4.90 Å². The average molecular weight is 530 g/mol. The first-order chi connectivity index (χ1) is 18.8. The van der Waals surface area contributed by atoms with E-state index < -0.39 is 0 Å². The Hall–Kier alpha value is -3.68. The van der Waals surface area contributed by atoms with Gasteiger partial charge in [0.05, 0.1) is 25.5 Å². The Labute approximate surface area is 231 Å². The van der Waals surface area contributed by atoms with E-state index in [0.29, 0.717) is 24.5 Å². The molecule has 39 heavy (non-hydrogen) atoms. The number of ether oxygens (including phenoxy) is 1. The normalized spacial score (nSPS) is 18.4. The zero-order chi connectivity index (χ0) is 27.8. The van der Waals surface area contributed by atoms with Gasteiger partial charge in [0.2, 0.25) is 11.8 Å². The molecule has 0 saturated heterocycles. The minimum absolute atomic E-state index is 0.0253. The van der Waals surface area contributed by atoms with Gasteiger partial charge in [-0.15, -0.1) is 0 Å². The summed E-state index contributed by atoms with van der Waals surface area (Å²) in [5, 5.41) is 12.8. The number of aliphatic hydroxyl groups excluding tert-OH is 1. The maximum atomic E-state index is 13.4. The molecule has 0 spiro atoms. The number of hydrogen-bond donors (Lipinski definition) is 2. The number of carbonyl (C=O) groups is 2. The van der Waals surface area contributed by atoms with Crippen LogP contribution in [0.5, 0.6) is 5.75 Å². The molecule has 7 heteroatoms. The quantitative estimate of drug-likeness (QED) is 0.435. The number of amides is 2. The number of nitrogens with zero attached hydrogens (tertiary/aromatic N) is 2. The maximum Gasteiger partial charge on any atom is 0.228 e. The van der Waals surface area contributed by atoms with Crippen molar-refractivity contribution in [2.24, 2.45) is 5.92 Å². The van der Waals surface area contributed by atoms with Crippen molar-refractivity contribution in [3.05, 3.63) is 95.6 Å². The van der Waals surface area contributed by atoms with Crippen LogP contribution >= 0.6 is 0 Å². The van der Waals surface area contributed by atoms with Crippen molar-refractivity contribution in [1.82, 2.24) is 9.80 Å². The number of hydrogen-bond acceptors (Lipinski definition) is 5. The van der Waals surface area contributed by atoms with E-state index in [4.69, 9.17) is 4.74 Å². The molecule has 4 rings (SSSR count). The second kappa shape index (κ2) is 13.4. The van der Waals surface area contributed by atoms with E-state index in [1.165, 1.54) is 5.56 Å². The summed E-state index contributed by atoms with van der Waals surface area (Å²) in [6.45, 7) is 5.78. The molecule has 0 bridgehead atoms. The van der Waals surface area contributed by atoms with Gasteiger partial charge in [-0.2, -0.15) is 0 Å². The number of fused-ring (bicyclic) bond motifs is 1. The molecule has 3 aromatic carbocycles. The topological polar surface area (TPSA) is 82.1 Å². The van der Waals surface area contributed by atoms with Crippen LogP contribution in [0.3, 0.4) is 0 Å². The fraction of sp³-hybridized carbons (Fsp3) is 0.375. The lowest BCUT2D eigenvalue weighted by molar-refractivity contribution is -0.134. The van der Waals surface area contributed by atoms with E-state index >= 15 is 0 Å². The first-order valence-corrected chi connectivity index (χ1v) is 13.6. The van der Waals surface area contributed by atoms with Crippen LogP contribution in [0.4, 0.5) is 5.69 Å². The van der Waals surface area contributed by atoms with Gasteiger partial charge >= 0.3 is 0 Å². The summed E-state index contributed by atoms with van der Waals surface area (Å²) in [5.74, 6) is 0.477. The summed E-state index contributed by atoms with van der Waals surface area (Å²) in [6, 6.07) is 25.1. The summed E-state index contributed by atoms with van der Waals surface area (Å²) in [5.41, 5.74) is 3.49. The Kier molecular flexibility index (Phi) is 9.74. The molecule has 0 saturated carbocycles. The SMILES string of the molecule is C[C@@H]1CN([C@H](C)CO)C(=O)Cc2cc(NC(=O)Cc3ccccc3)ccc2O[C@H]1CN(C)Cc1ccccc1. The van der Waals surface area contributed by atoms with Gasteiger partial charge in [0, 0.05) is 36.8 Å². The van der Waals surface area contributed by atoms with Gasteiger partial charge in [0.15, 0.2) is 0 Å². The summed E-state index contributed by atoms with van der Waals surface area (Å²) in [6.07, 6.45) is 0.208. The van der Waals surface area contributed by atoms with Gasteiger partial charge in [0.25, 0.3) is 0 Å². The number of nitrogens with one attached hydrogen (secondary N) is 1. The summed E-state index contributed by atoms with van der Waals surface area (Å²) in [4.78, 5) is 30.1. The van der Waals surface area contributed by atoms with Gasteiger partial charge in [-0.3, -0.25) is 14.5 Å². The van der Waals surface area contributed by atoms with Crippen molar-refractivity contribution in [2.45, 2.75) is 45.4 Å². The zero-order valence-electron chi connectivity index (χ0n) is 23.0. The van der Waals surface area contributed by atoms with E-state index in [9.17, 15) is 14.7 Å². The fourth-order valence-corrected chi connectivity index (χ4v) is 4.98. The van der Waals surface area contributed by atoms with Crippen LogP contribution in [0.15, 0.2) is 78.9 Å². The highest BCUT2D eigenvalue weighted by atomic mass is 16.5. The van der Waals surface area contributed by atoms with E-state index in [-0.39, 0.29) is 49.3 Å². The first-order valence-electron chi connectivity index (χ1n) is 13.6. The van der Waals surface area contributed by atoms with Crippen LogP contribution in [0, 0.1) is 5.92 Å². The summed E-state index contributed by atoms with van der Waals surface area (Å²) >= 11 is 0. The summed E-state index contributed by atoms with van der Waals surface area (Å²) in [7, 11) is 2.07. The van der Waals surface area contributed by atoms with E-state index in [1.807, 2.05) is 73.7 Å². The third-order valence-electron chi connectivity index (χ3n) is 7.19. The Morgan fingerprint density at radius 3 is 2.41 bits per heavy atom. The van der Waals surface area contributed by atoms with Crippen molar-refractivity contribution in [2.75, 3.05) is 32.1 Å². The van der Waals surface area contributed by atoms with Gasteiger partial charge in [-0.05, 0) is 43.3 Å². The lowest BCUT2D eigenvalue weighted by atomic mass is 10.0. The predicted molar refractivity (Wildman–Crippen MR) is 154 cm³/mol. The van der Waals surface area contributed by atoms with Gasteiger partial charge in [-0.1, -0.05) is 67.6 Å². The number of anilines is 1. The number of aliphatic hydroxyl groups is 1. The molecule has 1 aliphatic rings. The zero-order valence-corrected chi connectivity index (χ0v) is 23.0. The highest BCUT2D eigenvalue weighted by molar-refractivity contribution is 5.92. The number of rotatable bonds is 9. The van der Waals surface area contributed by atoms with Crippen molar-refractivity contribution in [3.63, 3.8) is 0 Å². The van der Waals surface area contributed by atoms with Crippen molar-refractivity contribution >= 4 is 17.5 Å². The third-order valence-corrected chi connectivity index (χ3v) is 7.19. The molecule has 7 nitrogen and oxygen atoms in total. The van der Waals surface area contributed by atoms with E-state index in [0.717, 1.165) is 17.7 Å². The van der Waals surface area contributed by atoms with Crippen molar-refractivity contribution in [3.8, 4) is 5.75 Å². The molecule has 1 aliphatic heterocycles. The molecular weight excluding hydrogens is 490 g/mol. The Balaban J connectivity index is 1.56. The van der Waals surface area contributed by atoms with Crippen LogP contribution in [-0.4, -0.2) is 65.6 Å². The Morgan fingerprint density at radius 1 is 1.08 bits per heavy atom. The molecule has 1 heterocycles. The van der Waals surface area contributed by atoms with Crippen molar-refractivity contribution in [1.29, 1.82) is 0 Å². The molecular formula is C32H39N3O4. The second-order valence-corrected chi connectivity index (χ2v) is 10.6. The largest absolute Gasteiger partial charge is 0.488 e. The van der Waals surface area contributed by atoms with Gasteiger partial charge in [-0.25, -0.2) is 0 Å². The van der Waals surface area contributed by atoms with Gasteiger partial charge < -0.3 is 20.1 Å². The highest BCUT2D eigenvalue weighted by Crippen LogP contribution is 2.29. The monoisotopic (exact) mass is 529 g/mol. The molecule has 3 aromatic rings. The van der Waals surface area contributed by atoms with Gasteiger partial charge in [0.1, 0.15) is 11.9 Å². The Bertz CT molecular complexity index is 1230. The first kappa shape index (κ1) is 28.3. The lowest BCUT2D eigenvalue weighted by Crippen LogP contribution is -2.47. The molecule has 0 radical (unpaired) electrons. The molecule has 0 unspecified atom stereocenters. The number of likely N-dealkylation sites (N-methyl/N-ethyl adjacent to an activating group) is 1. The Morgan fingerprint density at radius 2 is 1.74 bits per heavy atom. The van der Waals surface area contributed by atoms with Crippen LogP contribution in [0.2, 0.25) is 0 Å². The van der Waals surface area contributed by atoms with Crippen LogP contribution in [-0.2, 0) is 29.0 Å². The molecule has 206 valence electrons. The molecule has 0 aliphatic carbocycles. The highest BCUT2D eigenvalue weighted by Gasteiger charge is 2.31. The lowest BCUT2D eigenvalue weighted by Gasteiger charge is -2.34. The van der Waals surface area contributed by atoms with Crippen molar-refractivity contribution < 1.29 is 19.4 Å². The summed E-state index contributed by atoms with van der Waals surface area (Å²) < 4.78 is 6.61. The minimum atomic E-state index is -0.307. The number of carbonyl (C=O) groups excluding carboxylic acids is 2. The molecule has 0 aromatic heterocycles. The van der Waals surface area contributed by atoms with E-state index in [2.05, 4.69) is 36.3 Å². The molecule has 3 atom stereocenters. The molecule has 2 N–H and O–H groups in total. The third kappa shape index (κ3) is 7.91. The van der Waals surface area contributed by atoms with Crippen LogP contribution in [0.25, 0.3) is 0 Å². The number of benzene rings is 3. The van der Waals surface area contributed by atoms with Crippen LogP contribution in [0.1, 0.15) is 30.5 Å².